The van der Waals surface area contributed by atoms with Crippen LogP contribution in [0.1, 0.15) is 55.8 Å². The van der Waals surface area contributed by atoms with Gasteiger partial charge in [0, 0.05) is 12.3 Å². The zero-order chi connectivity index (χ0) is 13.9. The molecule has 0 amide bonds. The molecule has 1 rings (SSSR count). The van der Waals surface area contributed by atoms with Crippen molar-refractivity contribution in [2.75, 3.05) is 6.61 Å². The number of aromatic carboxylic acids is 1. The lowest BCUT2D eigenvalue weighted by Crippen LogP contribution is -2.24. The number of carbonyl (C=O) groups is 1. The Balaban J connectivity index is 3.24. The quantitative estimate of drug-likeness (QED) is 0.891. The summed E-state index contributed by atoms with van der Waals surface area (Å²) in [5, 5.41) is 9.02. The van der Waals surface area contributed by atoms with Crippen LogP contribution in [-0.4, -0.2) is 27.7 Å². The average molecular weight is 252 g/mol. The molecular formula is C13H20N2O3. The minimum atomic E-state index is -1.05. The number of carboxylic acid groups (broad SMARTS) is 1. The number of rotatable bonds is 4. The molecule has 0 aliphatic heterocycles. The molecule has 0 radical (unpaired) electrons. The molecule has 5 nitrogen and oxygen atoms in total. The van der Waals surface area contributed by atoms with E-state index >= 15 is 0 Å². The van der Waals surface area contributed by atoms with E-state index in [2.05, 4.69) is 9.97 Å². The number of ether oxygens (including phenoxy) is 1. The lowest BCUT2D eigenvalue weighted by Gasteiger charge is -2.29. The van der Waals surface area contributed by atoms with Crippen molar-refractivity contribution in [2.24, 2.45) is 5.41 Å². The molecule has 1 aromatic heterocycles. The third-order valence-corrected chi connectivity index (χ3v) is 2.45. The molecular weight excluding hydrogens is 232 g/mol. The van der Waals surface area contributed by atoms with Gasteiger partial charge < -0.3 is 9.84 Å². The molecule has 1 aromatic rings. The van der Waals surface area contributed by atoms with Crippen molar-refractivity contribution in [3.63, 3.8) is 0 Å². The maximum atomic E-state index is 11.0. The molecule has 0 bridgehead atoms. The summed E-state index contributed by atoms with van der Waals surface area (Å²) in [7, 11) is 0. The normalized spacial score (nSPS) is 13.4. The Morgan fingerprint density at radius 2 is 2.06 bits per heavy atom. The first-order valence-electron chi connectivity index (χ1n) is 5.96. The Morgan fingerprint density at radius 3 is 2.50 bits per heavy atom. The van der Waals surface area contributed by atoms with E-state index in [1.165, 1.54) is 6.07 Å². The maximum Gasteiger partial charge on any atom is 0.354 e. The standard InChI is InChI=1S/C13H20N2O3/c1-6-18-10(13(3,4)5)11-14-8(2)7-9(15-11)12(16)17/h7,10H,6H2,1-5H3,(H,16,17). The average Bonchev–Trinajstić information content (AvgIpc) is 2.23. The van der Waals surface area contributed by atoms with E-state index in [4.69, 9.17) is 9.84 Å². The number of carboxylic acids is 1. The van der Waals surface area contributed by atoms with Crippen LogP contribution in [0.5, 0.6) is 0 Å². The molecule has 0 aromatic carbocycles. The van der Waals surface area contributed by atoms with Crippen LogP contribution in [0.4, 0.5) is 0 Å². The molecule has 0 fully saturated rings. The summed E-state index contributed by atoms with van der Waals surface area (Å²) in [6.07, 6.45) is -0.319. The van der Waals surface area contributed by atoms with Crippen LogP contribution < -0.4 is 0 Å². The van der Waals surface area contributed by atoms with Gasteiger partial charge in [-0.1, -0.05) is 20.8 Å². The highest BCUT2D eigenvalue weighted by Crippen LogP contribution is 2.34. The predicted molar refractivity (Wildman–Crippen MR) is 67.6 cm³/mol. The van der Waals surface area contributed by atoms with Crippen LogP contribution >= 0.6 is 0 Å². The topological polar surface area (TPSA) is 72.3 Å². The van der Waals surface area contributed by atoms with Gasteiger partial charge in [0.15, 0.2) is 11.5 Å². The summed E-state index contributed by atoms with van der Waals surface area (Å²) in [5.41, 5.74) is 0.442. The van der Waals surface area contributed by atoms with Crippen LogP contribution in [0, 0.1) is 12.3 Å². The minimum absolute atomic E-state index is 0.00598. The molecule has 1 unspecified atom stereocenters. The Morgan fingerprint density at radius 1 is 1.44 bits per heavy atom. The van der Waals surface area contributed by atoms with Gasteiger partial charge in [-0.25, -0.2) is 14.8 Å². The molecule has 0 spiro atoms. The second kappa shape index (κ2) is 5.44. The van der Waals surface area contributed by atoms with Crippen LogP contribution in [0.15, 0.2) is 6.07 Å². The number of aryl methyl sites for hydroxylation is 1. The van der Waals surface area contributed by atoms with Crippen molar-refractivity contribution in [1.29, 1.82) is 0 Å². The highest BCUT2D eigenvalue weighted by atomic mass is 16.5. The van der Waals surface area contributed by atoms with Gasteiger partial charge in [-0.2, -0.15) is 0 Å². The lowest BCUT2D eigenvalue weighted by atomic mass is 9.88. The summed E-state index contributed by atoms with van der Waals surface area (Å²) in [6.45, 7) is 10.2. The van der Waals surface area contributed by atoms with Gasteiger partial charge in [0.2, 0.25) is 0 Å². The summed E-state index contributed by atoms with van der Waals surface area (Å²) >= 11 is 0. The molecule has 0 aliphatic carbocycles. The molecule has 0 aliphatic rings. The number of hydrogen-bond acceptors (Lipinski definition) is 4. The lowest BCUT2D eigenvalue weighted by molar-refractivity contribution is -0.0193. The SMILES string of the molecule is CCOC(c1nc(C)cc(C(=O)O)n1)C(C)(C)C. The zero-order valence-corrected chi connectivity index (χ0v) is 11.5. The fourth-order valence-corrected chi connectivity index (χ4v) is 1.70. The Bertz CT molecular complexity index is 438. The van der Waals surface area contributed by atoms with E-state index in [1.54, 1.807) is 6.92 Å². The largest absolute Gasteiger partial charge is 0.477 e. The van der Waals surface area contributed by atoms with E-state index in [1.807, 2.05) is 27.7 Å². The van der Waals surface area contributed by atoms with Crippen molar-refractivity contribution in [2.45, 2.75) is 40.7 Å². The molecule has 1 atom stereocenters. The smallest absolute Gasteiger partial charge is 0.354 e. The highest BCUT2D eigenvalue weighted by Gasteiger charge is 2.30. The molecule has 5 heteroatoms. The van der Waals surface area contributed by atoms with Gasteiger partial charge in [0.1, 0.15) is 6.10 Å². The van der Waals surface area contributed by atoms with Crippen molar-refractivity contribution in [3.05, 3.63) is 23.3 Å². The van der Waals surface area contributed by atoms with E-state index < -0.39 is 5.97 Å². The number of aromatic nitrogens is 2. The second-order valence-electron chi connectivity index (χ2n) is 5.26. The highest BCUT2D eigenvalue weighted by molar-refractivity contribution is 5.85. The summed E-state index contributed by atoms with van der Waals surface area (Å²) in [6, 6.07) is 1.46. The molecule has 0 saturated heterocycles. The minimum Gasteiger partial charge on any atom is -0.477 e. The summed E-state index contributed by atoms with van der Waals surface area (Å²) in [5.74, 6) is -0.618. The van der Waals surface area contributed by atoms with Gasteiger partial charge in [0.25, 0.3) is 0 Å². The third-order valence-electron chi connectivity index (χ3n) is 2.45. The molecule has 1 N–H and O–H groups in total. The van der Waals surface area contributed by atoms with Crippen LogP contribution in [-0.2, 0) is 4.74 Å². The first-order valence-corrected chi connectivity index (χ1v) is 5.96. The second-order valence-corrected chi connectivity index (χ2v) is 5.26. The van der Waals surface area contributed by atoms with Crippen LogP contribution in [0.2, 0.25) is 0 Å². The van der Waals surface area contributed by atoms with Gasteiger partial charge in [0.05, 0.1) is 0 Å². The summed E-state index contributed by atoms with van der Waals surface area (Å²) < 4.78 is 5.66. The Labute approximate surface area is 107 Å². The van der Waals surface area contributed by atoms with E-state index in [0.717, 1.165) is 0 Å². The fourth-order valence-electron chi connectivity index (χ4n) is 1.70. The van der Waals surface area contributed by atoms with E-state index in [-0.39, 0.29) is 17.2 Å². The molecule has 18 heavy (non-hydrogen) atoms. The van der Waals surface area contributed by atoms with Crippen molar-refractivity contribution < 1.29 is 14.6 Å². The van der Waals surface area contributed by atoms with Crippen LogP contribution in [0.3, 0.4) is 0 Å². The third kappa shape index (κ3) is 3.50. The zero-order valence-electron chi connectivity index (χ0n) is 11.5. The van der Waals surface area contributed by atoms with E-state index in [0.29, 0.717) is 18.1 Å². The van der Waals surface area contributed by atoms with Crippen LogP contribution in [0.25, 0.3) is 0 Å². The summed E-state index contributed by atoms with van der Waals surface area (Å²) in [4.78, 5) is 19.4. The number of nitrogens with zero attached hydrogens (tertiary/aromatic N) is 2. The van der Waals surface area contributed by atoms with Gasteiger partial charge in [-0.05, 0) is 25.3 Å². The Kier molecular flexibility index (Phi) is 4.40. The molecule has 100 valence electrons. The Hall–Kier alpha value is -1.49. The van der Waals surface area contributed by atoms with Gasteiger partial charge in [-0.15, -0.1) is 0 Å². The van der Waals surface area contributed by atoms with Crippen molar-refractivity contribution in [3.8, 4) is 0 Å². The predicted octanol–water partition coefficient (Wildman–Crippen LogP) is 2.61. The van der Waals surface area contributed by atoms with E-state index in [9.17, 15) is 4.79 Å². The fraction of sp³-hybridized carbons (Fsp3) is 0.615. The molecule has 1 heterocycles. The number of hydrogen-bond donors (Lipinski definition) is 1. The van der Waals surface area contributed by atoms with Gasteiger partial charge in [-0.3, -0.25) is 0 Å². The first kappa shape index (κ1) is 14.6. The van der Waals surface area contributed by atoms with Crippen molar-refractivity contribution >= 4 is 5.97 Å². The monoisotopic (exact) mass is 252 g/mol. The van der Waals surface area contributed by atoms with Gasteiger partial charge >= 0.3 is 5.97 Å². The maximum absolute atomic E-state index is 11.0. The molecule has 0 saturated carbocycles. The van der Waals surface area contributed by atoms with Crippen molar-refractivity contribution in [1.82, 2.24) is 9.97 Å². The first-order chi connectivity index (χ1) is 8.25.